The molecule has 0 heterocycles. The summed E-state index contributed by atoms with van der Waals surface area (Å²) < 4.78 is 32.6. The normalized spacial score (nSPS) is 14.9. The van der Waals surface area contributed by atoms with Crippen LogP contribution in [-0.2, 0) is 37.5 Å². The number of phosphoric acid groups is 1. The lowest BCUT2D eigenvalue weighted by atomic mass is 10.0. The number of esters is 2. The van der Waals surface area contributed by atoms with Crippen LogP contribution in [0.3, 0.4) is 0 Å². The second kappa shape index (κ2) is 38.6. The molecule has 0 spiro atoms. The van der Waals surface area contributed by atoms with E-state index in [2.05, 4.69) is 30.5 Å². The molecule has 0 aliphatic rings. The molecule has 0 fully saturated rings. The summed E-state index contributed by atoms with van der Waals surface area (Å²) in [4.78, 5) is 45.9. The number of phosphoric ester groups is 1. The highest BCUT2D eigenvalue weighted by atomic mass is 31.2. The van der Waals surface area contributed by atoms with Gasteiger partial charge >= 0.3 is 25.7 Å². The molecule has 0 aromatic heterocycles. The van der Waals surface area contributed by atoms with Crippen molar-refractivity contribution in [1.29, 1.82) is 0 Å². The van der Waals surface area contributed by atoms with E-state index in [1.165, 1.54) is 70.6 Å². The predicted octanol–water partition coefficient (Wildman–Crippen LogP) is 10.1. The molecule has 12 nitrogen and oxygen atoms in total. The molecule has 0 aromatic carbocycles. The SMILES string of the molecule is CC/C=C\C/C=C\CC(O)/C=C/C=C\C/C=C\CCCC(=O)OC[C@H](COP(=O)(O)OC[C@H](N)C(=O)O)OC(=O)CCCCCCCCCCCCCCCCC. The summed E-state index contributed by atoms with van der Waals surface area (Å²) in [5, 5.41) is 18.9. The average molecular weight is 826 g/mol. The minimum absolute atomic E-state index is 0.111. The van der Waals surface area contributed by atoms with E-state index in [1.807, 2.05) is 42.5 Å². The van der Waals surface area contributed by atoms with Gasteiger partial charge in [-0.25, -0.2) is 4.57 Å². The van der Waals surface area contributed by atoms with Crippen LogP contribution in [0.15, 0.2) is 60.8 Å². The van der Waals surface area contributed by atoms with Crippen LogP contribution in [0, 0.1) is 0 Å². The van der Waals surface area contributed by atoms with Crippen LogP contribution in [0.5, 0.6) is 0 Å². The smallest absolute Gasteiger partial charge is 0.472 e. The fourth-order valence-electron chi connectivity index (χ4n) is 5.48. The molecule has 0 aliphatic carbocycles. The maximum Gasteiger partial charge on any atom is 0.472 e. The van der Waals surface area contributed by atoms with Crippen LogP contribution < -0.4 is 5.73 Å². The third-order valence-corrected chi connectivity index (χ3v) is 9.81. The lowest BCUT2D eigenvalue weighted by Gasteiger charge is -2.20. The van der Waals surface area contributed by atoms with Gasteiger partial charge < -0.3 is 30.3 Å². The van der Waals surface area contributed by atoms with Crippen molar-refractivity contribution < 1.29 is 52.6 Å². The molecule has 0 saturated carbocycles. The minimum Gasteiger partial charge on any atom is -0.480 e. The Labute approximate surface area is 343 Å². The van der Waals surface area contributed by atoms with Crippen LogP contribution in [0.1, 0.15) is 162 Å². The molecule has 0 amide bonds. The first-order chi connectivity index (χ1) is 27.5. The third kappa shape index (κ3) is 38.4. The molecule has 5 N–H and O–H groups in total. The Kier molecular flexibility index (Phi) is 36.7. The molecule has 0 radical (unpaired) electrons. The number of carboxylic acids is 1. The molecule has 0 rings (SSSR count). The van der Waals surface area contributed by atoms with E-state index >= 15 is 0 Å². The Balaban J connectivity index is 4.53. The summed E-state index contributed by atoms with van der Waals surface area (Å²) in [5.41, 5.74) is 5.32. The number of unbranched alkanes of at least 4 members (excludes halogenated alkanes) is 15. The fourth-order valence-corrected chi connectivity index (χ4v) is 6.26. The van der Waals surface area contributed by atoms with E-state index < -0.39 is 63.8 Å². The summed E-state index contributed by atoms with van der Waals surface area (Å²) in [6, 6.07) is -1.54. The van der Waals surface area contributed by atoms with Gasteiger partial charge in [-0.2, -0.15) is 0 Å². The molecule has 2 unspecified atom stereocenters. The van der Waals surface area contributed by atoms with Gasteiger partial charge in [0.2, 0.25) is 0 Å². The van der Waals surface area contributed by atoms with Gasteiger partial charge in [-0.15, -0.1) is 0 Å². The molecule has 328 valence electrons. The Morgan fingerprint density at radius 2 is 1.19 bits per heavy atom. The molecule has 13 heteroatoms. The number of aliphatic hydroxyl groups is 1. The molecule has 0 saturated heterocycles. The lowest BCUT2D eigenvalue weighted by Crippen LogP contribution is -2.34. The number of rotatable bonds is 39. The zero-order valence-electron chi connectivity index (χ0n) is 35.0. The van der Waals surface area contributed by atoms with Gasteiger partial charge in [0.15, 0.2) is 6.10 Å². The number of hydrogen-bond acceptors (Lipinski definition) is 10. The van der Waals surface area contributed by atoms with E-state index in [9.17, 15) is 28.9 Å². The average Bonchev–Trinajstić information content (AvgIpc) is 3.18. The van der Waals surface area contributed by atoms with Crippen molar-refractivity contribution in [3.05, 3.63) is 60.8 Å². The summed E-state index contributed by atoms with van der Waals surface area (Å²) in [6.07, 6.45) is 40.4. The first-order valence-corrected chi connectivity index (χ1v) is 22.9. The zero-order valence-corrected chi connectivity index (χ0v) is 35.9. The maximum atomic E-state index is 12.6. The summed E-state index contributed by atoms with van der Waals surface area (Å²) in [7, 11) is -4.74. The standard InChI is InChI=1S/C44H76NO11P/c1-3-5-7-9-11-12-13-14-15-16-17-18-23-27-31-35-43(48)56-40(37-54-57(51,52)55-38-41(45)44(49)50)36-53-42(47)34-30-26-22-20-19-21-25-29-33-39(46)32-28-24-10-8-6-4-2/h6,8,20-22,24-25,28-29,33,39-41,46H,3-5,7,9-19,23,26-27,30-32,34-38,45H2,1-2H3,(H,49,50)(H,51,52)/b8-6-,22-20-,25-21-,28-24-,33-29+/t39?,40-,41+/m1/s1. The van der Waals surface area contributed by atoms with Crippen molar-refractivity contribution in [3.8, 4) is 0 Å². The van der Waals surface area contributed by atoms with Gasteiger partial charge in [-0.05, 0) is 44.9 Å². The lowest BCUT2D eigenvalue weighted by molar-refractivity contribution is -0.161. The van der Waals surface area contributed by atoms with Crippen LogP contribution in [0.25, 0.3) is 0 Å². The van der Waals surface area contributed by atoms with Crippen molar-refractivity contribution in [2.45, 2.75) is 180 Å². The van der Waals surface area contributed by atoms with Crippen molar-refractivity contribution >= 4 is 25.7 Å². The number of carbonyl (C=O) groups is 3. The zero-order chi connectivity index (χ0) is 42.2. The highest BCUT2D eigenvalue weighted by Gasteiger charge is 2.28. The molecular formula is C44H76NO11P. The number of carboxylic acid groups (broad SMARTS) is 1. The number of nitrogens with two attached hydrogens (primary N) is 1. The number of aliphatic carboxylic acids is 1. The predicted molar refractivity (Wildman–Crippen MR) is 227 cm³/mol. The Hall–Kier alpha value is -2.86. The van der Waals surface area contributed by atoms with Gasteiger partial charge in [0, 0.05) is 12.8 Å². The van der Waals surface area contributed by atoms with Crippen molar-refractivity contribution in [1.82, 2.24) is 0 Å². The second-order valence-electron chi connectivity index (χ2n) is 14.3. The van der Waals surface area contributed by atoms with Gasteiger partial charge in [-0.1, -0.05) is 164 Å². The molecule has 0 bridgehead atoms. The summed E-state index contributed by atoms with van der Waals surface area (Å²) in [6.45, 7) is 2.54. The molecule has 4 atom stereocenters. The number of ether oxygens (including phenoxy) is 2. The number of aliphatic hydroxyl groups excluding tert-OH is 1. The monoisotopic (exact) mass is 826 g/mol. The first kappa shape index (κ1) is 54.1. The number of carbonyl (C=O) groups excluding carboxylic acids is 2. The quantitative estimate of drug-likeness (QED) is 0.0151. The van der Waals surface area contributed by atoms with E-state index in [4.69, 9.17) is 24.8 Å². The van der Waals surface area contributed by atoms with Crippen LogP contribution >= 0.6 is 7.82 Å². The molecular weight excluding hydrogens is 749 g/mol. The fraction of sp³-hybridized carbons (Fsp3) is 0.705. The highest BCUT2D eigenvalue weighted by Crippen LogP contribution is 2.43. The second-order valence-corrected chi connectivity index (χ2v) is 15.8. The van der Waals surface area contributed by atoms with Gasteiger partial charge in [0.1, 0.15) is 12.6 Å². The molecule has 0 aromatic rings. The van der Waals surface area contributed by atoms with Crippen LogP contribution in [0.4, 0.5) is 0 Å². The third-order valence-electron chi connectivity index (χ3n) is 8.86. The topological polar surface area (TPSA) is 192 Å². The summed E-state index contributed by atoms with van der Waals surface area (Å²) in [5.74, 6) is -2.50. The van der Waals surface area contributed by atoms with Gasteiger partial charge in [0.25, 0.3) is 0 Å². The van der Waals surface area contributed by atoms with Crippen molar-refractivity contribution in [2.75, 3.05) is 19.8 Å². The highest BCUT2D eigenvalue weighted by molar-refractivity contribution is 7.47. The molecule has 0 aliphatic heterocycles. The van der Waals surface area contributed by atoms with Gasteiger partial charge in [-0.3, -0.25) is 23.4 Å². The largest absolute Gasteiger partial charge is 0.480 e. The summed E-state index contributed by atoms with van der Waals surface area (Å²) >= 11 is 0. The van der Waals surface area contributed by atoms with Crippen molar-refractivity contribution in [2.24, 2.45) is 5.73 Å². The number of hydrogen-bond donors (Lipinski definition) is 4. The van der Waals surface area contributed by atoms with Gasteiger partial charge in [0.05, 0.1) is 19.3 Å². The van der Waals surface area contributed by atoms with E-state index in [1.54, 1.807) is 6.08 Å². The van der Waals surface area contributed by atoms with E-state index in [0.717, 1.165) is 32.1 Å². The number of allylic oxidation sites excluding steroid dienone is 8. The van der Waals surface area contributed by atoms with E-state index in [0.29, 0.717) is 32.1 Å². The van der Waals surface area contributed by atoms with Crippen LogP contribution in [0.2, 0.25) is 0 Å². The van der Waals surface area contributed by atoms with Crippen molar-refractivity contribution in [3.63, 3.8) is 0 Å². The maximum absolute atomic E-state index is 12.6. The minimum atomic E-state index is -4.74. The van der Waals surface area contributed by atoms with Crippen LogP contribution in [-0.4, -0.2) is 71.1 Å². The Morgan fingerprint density at radius 1 is 0.649 bits per heavy atom. The van der Waals surface area contributed by atoms with E-state index in [-0.39, 0.29) is 12.8 Å². The Bertz CT molecular complexity index is 1220. The molecule has 57 heavy (non-hydrogen) atoms. The first-order valence-electron chi connectivity index (χ1n) is 21.4. The Morgan fingerprint density at radius 3 is 1.81 bits per heavy atom.